The van der Waals surface area contributed by atoms with Crippen molar-refractivity contribution in [3.05, 3.63) is 54.1 Å². The van der Waals surface area contributed by atoms with Crippen LogP contribution >= 0.6 is 0 Å². The van der Waals surface area contributed by atoms with Gasteiger partial charge in [-0.15, -0.1) is 0 Å². The number of fused-ring (bicyclic) bond motifs is 1. The van der Waals surface area contributed by atoms with Crippen molar-refractivity contribution in [2.45, 2.75) is 26.4 Å². The summed E-state index contributed by atoms with van der Waals surface area (Å²) in [7, 11) is 0. The zero-order valence-corrected chi connectivity index (χ0v) is 11.8. The zero-order chi connectivity index (χ0) is 13.9. The van der Waals surface area contributed by atoms with E-state index in [1.165, 1.54) is 11.3 Å². The van der Waals surface area contributed by atoms with Crippen LogP contribution in [0.25, 0.3) is 5.52 Å². The molecule has 3 aromatic heterocycles. The lowest BCUT2D eigenvalue weighted by molar-refractivity contribution is 0.544. The van der Waals surface area contributed by atoms with Crippen molar-refractivity contribution in [1.82, 2.24) is 24.7 Å². The molecule has 0 bridgehead atoms. The minimum absolute atomic E-state index is 0.113. The fraction of sp³-hybridized carbons (Fsp3) is 0.333. The zero-order valence-electron chi connectivity index (χ0n) is 11.8. The molecule has 5 heteroatoms. The molecule has 3 rings (SSSR count). The fourth-order valence-electron chi connectivity index (χ4n) is 2.61. The van der Waals surface area contributed by atoms with Crippen molar-refractivity contribution in [3.63, 3.8) is 0 Å². The lowest BCUT2D eigenvalue weighted by Gasteiger charge is -2.18. The Labute approximate surface area is 118 Å². The Hall–Kier alpha value is -2.14. The highest BCUT2D eigenvalue weighted by atomic mass is 15.3. The van der Waals surface area contributed by atoms with Crippen molar-refractivity contribution < 1.29 is 0 Å². The van der Waals surface area contributed by atoms with Crippen LogP contribution in [0.2, 0.25) is 0 Å². The number of nitrogens with one attached hydrogen (secondary N) is 1. The first-order valence-corrected chi connectivity index (χ1v) is 7.02. The van der Waals surface area contributed by atoms with Gasteiger partial charge in [-0.3, -0.25) is 4.68 Å². The standard InChI is InChI=1S/C15H19N5/c1-3-16-15(14-8-9-17-19(14)4-2)12-11-18-20-10-6-5-7-13(12)20/h5-11,15-16H,3-4H2,1-2H3. The summed E-state index contributed by atoms with van der Waals surface area (Å²) in [5.74, 6) is 0. The van der Waals surface area contributed by atoms with Gasteiger partial charge in [-0.25, -0.2) is 4.52 Å². The second-order valence-electron chi connectivity index (χ2n) is 4.69. The Kier molecular flexibility index (Phi) is 3.52. The van der Waals surface area contributed by atoms with Crippen LogP contribution in [0.15, 0.2) is 42.9 Å². The molecule has 1 unspecified atom stereocenters. The maximum Gasteiger partial charge on any atom is 0.0785 e. The number of nitrogens with zero attached hydrogens (tertiary/aromatic N) is 4. The molecular weight excluding hydrogens is 250 g/mol. The summed E-state index contributed by atoms with van der Waals surface area (Å²) in [4.78, 5) is 0. The summed E-state index contributed by atoms with van der Waals surface area (Å²) in [6, 6.07) is 8.31. The first-order valence-electron chi connectivity index (χ1n) is 7.02. The molecule has 0 aliphatic heterocycles. The first-order chi connectivity index (χ1) is 9.85. The minimum Gasteiger partial charge on any atom is -0.305 e. The monoisotopic (exact) mass is 269 g/mol. The van der Waals surface area contributed by atoms with E-state index in [0.717, 1.165) is 18.6 Å². The van der Waals surface area contributed by atoms with Gasteiger partial charge in [0.2, 0.25) is 0 Å². The van der Waals surface area contributed by atoms with Crippen LogP contribution in [0.5, 0.6) is 0 Å². The van der Waals surface area contributed by atoms with Crippen LogP contribution in [0, 0.1) is 0 Å². The van der Waals surface area contributed by atoms with Crippen LogP contribution < -0.4 is 5.32 Å². The quantitative estimate of drug-likeness (QED) is 0.773. The van der Waals surface area contributed by atoms with E-state index in [-0.39, 0.29) is 6.04 Å². The van der Waals surface area contributed by atoms with Gasteiger partial charge in [0, 0.05) is 24.5 Å². The molecule has 1 N–H and O–H groups in total. The van der Waals surface area contributed by atoms with Crippen molar-refractivity contribution >= 4 is 5.52 Å². The van der Waals surface area contributed by atoms with Crippen LogP contribution in [-0.2, 0) is 6.54 Å². The van der Waals surface area contributed by atoms with E-state index in [0.29, 0.717) is 0 Å². The van der Waals surface area contributed by atoms with E-state index in [1.807, 2.05) is 39.9 Å². The number of rotatable bonds is 5. The number of hydrogen-bond acceptors (Lipinski definition) is 3. The second kappa shape index (κ2) is 5.46. The number of pyridine rings is 1. The summed E-state index contributed by atoms with van der Waals surface area (Å²) in [5, 5.41) is 12.4. The highest BCUT2D eigenvalue weighted by Gasteiger charge is 2.20. The highest BCUT2D eigenvalue weighted by Crippen LogP contribution is 2.25. The van der Waals surface area contributed by atoms with Crippen LogP contribution in [-0.4, -0.2) is 25.9 Å². The van der Waals surface area contributed by atoms with Crippen molar-refractivity contribution in [2.75, 3.05) is 6.54 Å². The number of aromatic nitrogens is 4. The predicted molar refractivity (Wildman–Crippen MR) is 78.6 cm³/mol. The molecule has 0 amide bonds. The second-order valence-corrected chi connectivity index (χ2v) is 4.69. The van der Waals surface area contributed by atoms with E-state index in [2.05, 4.69) is 41.5 Å². The van der Waals surface area contributed by atoms with Gasteiger partial charge in [0.05, 0.1) is 23.4 Å². The van der Waals surface area contributed by atoms with E-state index in [1.54, 1.807) is 0 Å². The molecule has 0 aromatic carbocycles. The molecule has 3 heterocycles. The van der Waals surface area contributed by atoms with Gasteiger partial charge in [0.1, 0.15) is 0 Å². The van der Waals surface area contributed by atoms with E-state index in [4.69, 9.17) is 0 Å². The molecular formula is C15H19N5. The topological polar surface area (TPSA) is 47.1 Å². The van der Waals surface area contributed by atoms with Crippen molar-refractivity contribution in [1.29, 1.82) is 0 Å². The molecule has 20 heavy (non-hydrogen) atoms. The normalized spacial score (nSPS) is 12.9. The van der Waals surface area contributed by atoms with Crippen LogP contribution in [0.4, 0.5) is 0 Å². The third-order valence-corrected chi connectivity index (χ3v) is 3.52. The molecule has 0 saturated carbocycles. The fourth-order valence-corrected chi connectivity index (χ4v) is 2.61. The Morgan fingerprint density at radius 2 is 2.10 bits per heavy atom. The Bertz CT molecular complexity index is 697. The molecule has 0 saturated heterocycles. The van der Waals surface area contributed by atoms with E-state index >= 15 is 0 Å². The molecule has 5 nitrogen and oxygen atoms in total. The average Bonchev–Trinajstić information content (AvgIpc) is 3.11. The van der Waals surface area contributed by atoms with E-state index in [9.17, 15) is 0 Å². The summed E-state index contributed by atoms with van der Waals surface area (Å²) < 4.78 is 3.94. The Morgan fingerprint density at radius 3 is 2.90 bits per heavy atom. The SMILES string of the molecule is CCNC(c1cnn2ccccc12)c1ccnn1CC. The van der Waals surface area contributed by atoms with Gasteiger partial charge in [0.25, 0.3) is 0 Å². The molecule has 3 aromatic rings. The lowest BCUT2D eigenvalue weighted by atomic mass is 10.1. The average molecular weight is 269 g/mol. The third-order valence-electron chi connectivity index (χ3n) is 3.52. The van der Waals surface area contributed by atoms with Crippen molar-refractivity contribution in [2.24, 2.45) is 0 Å². The summed E-state index contributed by atoms with van der Waals surface area (Å²) in [6.07, 6.45) is 5.77. The molecule has 0 fully saturated rings. The molecule has 0 aliphatic rings. The van der Waals surface area contributed by atoms with E-state index < -0.39 is 0 Å². The predicted octanol–water partition coefficient (Wildman–Crippen LogP) is 2.25. The molecule has 0 spiro atoms. The minimum atomic E-state index is 0.113. The van der Waals surface area contributed by atoms with Gasteiger partial charge in [-0.2, -0.15) is 10.2 Å². The lowest BCUT2D eigenvalue weighted by Crippen LogP contribution is -2.24. The molecule has 0 radical (unpaired) electrons. The van der Waals surface area contributed by atoms with Crippen molar-refractivity contribution in [3.8, 4) is 0 Å². The maximum atomic E-state index is 4.43. The Morgan fingerprint density at radius 1 is 1.20 bits per heavy atom. The summed E-state index contributed by atoms with van der Waals surface area (Å²) in [6.45, 7) is 5.98. The number of hydrogen-bond donors (Lipinski definition) is 1. The molecule has 1 atom stereocenters. The molecule has 0 aliphatic carbocycles. The maximum absolute atomic E-state index is 4.43. The highest BCUT2D eigenvalue weighted by molar-refractivity contribution is 5.56. The van der Waals surface area contributed by atoms with Crippen LogP contribution in [0.3, 0.4) is 0 Å². The van der Waals surface area contributed by atoms with Gasteiger partial charge in [0.15, 0.2) is 0 Å². The van der Waals surface area contributed by atoms with Gasteiger partial charge in [-0.05, 0) is 31.7 Å². The largest absolute Gasteiger partial charge is 0.305 e. The van der Waals surface area contributed by atoms with Gasteiger partial charge < -0.3 is 5.32 Å². The summed E-state index contributed by atoms with van der Waals surface area (Å²) in [5.41, 5.74) is 3.48. The summed E-state index contributed by atoms with van der Waals surface area (Å²) >= 11 is 0. The van der Waals surface area contributed by atoms with Gasteiger partial charge >= 0.3 is 0 Å². The number of aryl methyl sites for hydroxylation is 1. The van der Waals surface area contributed by atoms with Gasteiger partial charge in [-0.1, -0.05) is 13.0 Å². The Balaban J connectivity index is 2.11. The molecule has 104 valence electrons. The third kappa shape index (κ3) is 2.10. The first kappa shape index (κ1) is 12.9. The van der Waals surface area contributed by atoms with Crippen LogP contribution in [0.1, 0.15) is 31.1 Å². The smallest absolute Gasteiger partial charge is 0.0785 e.